The second-order valence-corrected chi connectivity index (χ2v) is 10.8. The molecule has 0 aliphatic carbocycles. The van der Waals surface area contributed by atoms with Gasteiger partial charge in [-0.1, -0.05) is 58.7 Å². The van der Waals surface area contributed by atoms with Gasteiger partial charge in [0.15, 0.2) is 5.96 Å². The number of aliphatic imine (C=N–C) groups is 1. The number of nitrogens with zero attached hydrogens (tertiary/aromatic N) is 1. The molecule has 0 bridgehead atoms. The predicted molar refractivity (Wildman–Crippen MR) is 162 cm³/mol. The summed E-state index contributed by atoms with van der Waals surface area (Å²) in [5, 5.41) is 18.7. The summed E-state index contributed by atoms with van der Waals surface area (Å²) >= 11 is 0. The fraction of sp³-hybridized carbons (Fsp3) is 0.552. The smallest absolute Gasteiger partial charge is 0.326 e. The van der Waals surface area contributed by atoms with Gasteiger partial charge in [0.25, 0.3) is 0 Å². The van der Waals surface area contributed by atoms with Gasteiger partial charge in [0, 0.05) is 30.1 Å². The van der Waals surface area contributed by atoms with Crippen LogP contribution in [0.1, 0.15) is 58.9 Å². The number of carbonyl (C=O) groups is 4. The summed E-state index contributed by atoms with van der Waals surface area (Å²) in [7, 11) is 0. The average Bonchev–Trinajstić information content (AvgIpc) is 3.37. The van der Waals surface area contributed by atoms with Gasteiger partial charge in [-0.2, -0.15) is 0 Å². The van der Waals surface area contributed by atoms with Gasteiger partial charge in [0.1, 0.15) is 18.1 Å². The summed E-state index contributed by atoms with van der Waals surface area (Å²) in [6.45, 7) is 7.70. The molecule has 232 valence electrons. The second kappa shape index (κ2) is 16.3. The minimum atomic E-state index is -1.23. The first-order valence-electron chi connectivity index (χ1n) is 14.4. The zero-order valence-electron chi connectivity index (χ0n) is 24.9. The van der Waals surface area contributed by atoms with Crippen LogP contribution in [0.4, 0.5) is 0 Å². The Morgan fingerprint density at radius 2 is 1.57 bits per heavy atom. The minimum Gasteiger partial charge on any atom is -0.480 e. The van der Waals surface area contributed by atoms with Crippen molar-refractivity contribution in [2.24, 2.45) is 34.0 Å². The van der Waals surface area contributed by atoms with Gasteiger partial charge in [0.05, 0.1) is 6.04 Å². The van der Waals surface area contributed by atoms with Crippen molar-refractivity contribution in [3.8, 4) is 0 Å². The molecular weight excluding hydrogens is 540 g/mol. The Balaban J connectivity index is 2.32. The van der Waals surface area contributed by atoms with Crippen LogP contribution in [0.3, 0.4) is 0 Å². The van der Waals surface area contributed by atoms with Crippen molar-refractivity contribution in [3.05, 3.63) is 36.0 Å². The molecule has 3 amide bonds. The van der Waals surface area contributed by atoms with Crippen molar-refractivity contribution in [1.29, 1.82) is 0 Å². The summed E-state index contributed by atoms with van der Waals surface area (Å²) in [6, 6.07) is 3.40. The van der Waals surface area contributed by atoms with Crippen LogP contribution < -0.4 is 33.2 Å². The van der Waals surface area contributed by atoms with E-state index in [4.69, 9.17) is 17.2 Å². The molecule has 0 fully saturated rings. The lowest BCUT2D eigenvalue weighted by Gasteiger charge is -2.29. The summed E-state index contributed by atoms with van der Waals surface area (Å²) in [5.41, 5.74) is 18.4. The van der Waals surface area contributed by atoms with Gasteiger partial charge in [0.2, 0.25) is 17.7 Å². The molecule has 11 N–H and O–H groups in total. The van der Waals surface area contributed by atoms with Gasteiger partial charge < -0.3 is 43.2 Å². The molecule has 2 aromatic rings. The minimum absolute atomic E-state index is 0.0741. The third-order valence-electron chi connectivity index (χ3n) is 7.64. The van der Waals surface area contributed by atoms with E-state index < -0.39 is 47.9 Å². The summed E-state index contributed by atoms with van der Waals surface area (Å²) < 4.78 is 0. The number of guanidine groups is 1. The van der Waals surface area contributed by atoms with Crippen molar-refractivity contribution in [2.45, 2.75) is 84.0 Å². The number of fused-ring (bicyclic) bond motifs is 1. The molecular formula is C29H46N8O5. The molecule has 6 unspecified atom stereocenters. The number of benzene rings is 1. The van der Waals surface area contributed by atoms with Crippen molar-refractivity contribution in [3.63, 3.8) is 0 Å². The fourth-order valence-corrected chi connectivity index (χ4v) is 4.49. The number of aromatic amines is 1. The molecule has 1 aromatic heterocycles. The molecule has 0 saturated carbocycles. The molecule has 1 aromatic carbocycles. The first kappa shape index (κ1) is 34.1. The molecule has 6 atom stereocenters. The number of aromatic nitrogens is 1. The Hall–Kier alpha value is -4.13. The van der Waals surface area contributed by atoms with Crippen LogP contribution in [0.2, 0.25) is 0 Å². The van der Waals surface area contributed by atoms with Crippen molar-refractivity contribution in [1.82, 2.24) is 20.9 Å². The summed E-state index contributed by atoms with van der Waals surface area (Å²) in [4.78, 5) is 59.0. The quantitative estimate of drug-likeness (QED) is 0.0746. The number of rotatable bonds is 17. The van der Waals surface area contributed by atoms with Gasteiger partial charge in [-0.15, -0.1) is 0 Å². The van der Waals surface area contributed by atoms with Crippen molar-refractivity contribution < 1.29 is 24.3 Å². The molecule has 42 heavy (non-hydrogen) atoms. The van der Waals surface area contributed by atoms with Gasteiger partial charge in [-0.05, 0) is 36.3 Å². The topological polar surface area (TPSA) is 231 Å². The third kappa shape index (κ3) is 9.75. The number of hydrogen-bond acceptors (Lipinski definition) is 6. The van der Waals surface area contributed by atoms with E-state index in [1.807, 2.05) is 52.0 Å². The largest absolute Gasteiger partial charge is 0.480 e. The maximum Gasteiger partial charge on any atom is 0.326 e. The highest BCUT2D eigenvalue weighted by molar-refractivity contribution is 5.95. The monoisotopic (exact) mass is 586 g/mol. The first-order chi connectivity index (χ1) is 19.9. The lowest BCUT2D eigenvalue weighted by atomic mass is 9.95. The number of nitrogens with two attached hydrogens (primary N) is 3. The Morgan fingerprint density at radius 1 is 0.929 bits per heavy atom. The molecule has 0 radical (unpaired) electrons. The molecule has 0 saturated heterocycles. The number of nitrogens with one attached hydrogen (secondary N) is 4. The molecule has 0 aliphatic heterocycles. The van der Waals surface area contributed by atoms with Crippen LogP contribution in [0.25, 0.3) is 10.9 Å². The Labute approximate surface area is 246 Å². The van der Waals surface area contributed by atoms with E-state index >= 15 is 0 Å². The molecule has 13 heteroatoms. The van der Waals surface area contributed by atoms with Crippen LogP contribution in [0.15, 0.2) is 35.5 Å². The Bertz CT molecular complexity index is 1240. The highest BCUT2D eigenvalue weighted by Gasteiger charge is 2.33. The van der Waals surface area contributed by atoms with Gasteiger partial charge >= 0.3 is 5.97 Å². The SMILES string of the molecule is CCC(C)C(N)C(=O)NC(C(=O)NC(Cc1c[nH]c2ccccc12)C(=O)NC(CCCN=C(N)N)C(=O)O)C(C)CC. The van der Waals surface area contributed by atoms with E-state index in [1.165, 1.54) is 0 Å². The maximum absolute atomic E-state index is 13.6. The van der Waals surface area contributed by atoms with E-state index in [-0.39, 0.29) is 37.2 Å². The highest BCUT2D eigenvalue weighted by Crippen LogP contribution is 2.20. The number of H-pyrrole nitrogens is 1. The average molecular weight is 587 g/mol. The number of carbonyl (C=O) groups excluding carboxylic acids is 3. The molecule has 13 nitrogen and oxygen atoms in total. The number of carboxylic acid groups (broad SMARTS) is 1. The molecule has 2 rings (SSSR count). The number of amides is 3. The Kier molecular flexibility index (Phi) is 13.3. The van der Waals surface area contributed by atoms with E-state index in [2.05, 4.69) is 25.9 Å². The molecule has 0 aliphatic rings. The first-order valence-corrected chi connectivity index (χ1v) is 14.4. The van der Waals surface area contributed by atoms with E-state index in [9.17, 15) is 24.3 Å². The van der Waals surface area contributed by atoms with E-state index in [0.29, 0.717) is 19.3 Å². The van der Waals surface area contributed by atoms with E-state index in [0.717, 1.165) is 16.5 Å². The number of hydrogen-bond donors (Lipinski definition) is 8. The maximum atomic E-state index is 13.6. The Morgan fingerprint density at radius 3 is 2.19 bits per heavy atom. The van der Waals surface area contributed by atoms with Gasteiger partial charge in [-0.25, -0.2) is 4.79 Å². The second-order valence-electron chi connectivity index (χ2n) is 10.8. The zero-order chi connectivity index (χ0) is 31.4. The van der Waals surface area contributed by atoms with Crippen LogP contribution in [0.5, 0.6) is 0 Å². The number of para-hydroxylation sites is 1. The number of aliphatic carboxylic acids is 1. The van der Waals surface area contributed by atoms with Crippen LogP contribution in [-0.2, 0) is 25.6 Å². The molecule has 1 heterocycles. The highest BCUT2D eigenvalue weighted by atomic mass is 16.4. The standard InChI is InChI=1S/C29H46N8O5/c1-5-16(3)23(30)26(39)37-24(17(4)6-2)27(40)36-22(14-18-15-34-20-11-8-7-10-19(18)20)25(38)35-21(28(41)42)12-9-13-33-29(31)32/h7-8,10-11,15-17,21-24,34H,5-6,9,12-14,30H2,1-4H3,(H,35,38)(H,36,40)(H,37,39)(H,41,42)(H4,31,32,33). The normalized spacial score (nSPS) is 15.5. The van der Waals surface area contributed by atoms with E-state index in [1.54, 1.807) is 6.20 Å². The van der Waals surface area contributed by atoms with Crippen LogP contribution in [-0.4, -0.2) is 70.5 Å². The van der Waals surface area contributed by atoms with Crippen LogP contribution in [0, 0.1) is 11.8 Å². The van der Waals surface area contributed by atoms with Crippen molar-refractivity contribution in [2.75, 3.05) is 6.54 Å². The summed E-state index contributed by atoms with van der Waals surface area (Å²) in [6.07, 6.45) is 3.49. The number of carboxylic acids is 1. The zero-order valence-corrected chi connectivity index (χ0v) is 24.9. The van der Waals surface area contributed by atoms with Crippen LogP contribution >= 0.6 is 0 Å². The lowest BCUT2D eigenvalue weighted by molar-refractivity contribution is -0.142. The summed E-state index contributed by atoms with van der Waals surface area (Å²) in [5.74, 6) is -3.38. The lowest BCUT2D eigenvalue weighted by Crippen LogP contribution is -2.59. The van der Waals surface area contributed by atoms with Crippen molar-refractivity contribution >= 4 is 40.6 Å². The third-order valence-corrected chi connectivity index (χ3v) is 7.64. The molecule has 0 spiro atoms. The predicted octanol–water partition coefficient (Wildman–Crippen LogP) is 0.723. The van der Waals surface area contributed by atoms with Gasteiger partial charge in [-0.3, -0.25) is 19.4 Å². The fourth-order valence-electron chi connectivity index (χ4n) is 4.49.